The molecule has 5 nitrogen and oxygen atoms in total. The number of piperidine rings is 1. The van der Waals surface area contributed by atoms with E-state index in [9.17, 15) is 9.59 Å². The lowest BCUT2D eigenvalue weighted by molar-refractivity contribution is -0.162. The van der Waals surface area contributed by atoms with Crippen molar-refractivity contribution in [1.82, 2.24) is 4.90 Å². The fourth-order valence-corrected chi connectivity index (χ4v) is 3.62. The van der Waals surface area contributed by atoms with Crippen molar-refractivity contribution >= 4 is 27.8 Å². The first-order valence-corrected chi connectivity index (χ1v) is 8.97. The Bertz CT molecular complexity index is 673. The molecule has 2 aliphatic rings. The number of carbonyl (C=O) groups is 2. The fraction of sp³-hybridized carbons (Fsp3) is 0.556. The summed E-state index contributed by atoms with van der Waals surface area (Å²) in [5.74, 6) is 0.102. The molecule has 0 spiro atoms. The van der Waals surface area contributed by atoms with Gasteiger partial charge in [0.05, 0.1) is 5.92 Å². The van der Waals surface area contributed by atoms with Gasteiger partial charge in [0.2, 0.25) is 5.91 Å². The fourth-order valence-electron chi connectivity index (χ4n) is 3.25. The van der Waals surface area contributed by atoms with Crippen molar-refractivity contribution in [3.05, 3.63) is 28.2 Å². The minimum atomic E-state index is -0.408. The Morgan fingerprint density at radius 2 is 2.17 bits per heavy atom. The number of fused-ring (bicyclic) bond motifs is 1. The Balaban J connectivity index is 1.78. The Morgan fingerprint density at radius 1 is 1.42 bits per heavy atom. The van der Waals surface area contributed by atoms with Crippen LogP contribution in [0.5, 0.6) is 5.75 Å². The lowest BCUT2D eigenvalue weighted by atomic mass is 9.91. The number of benzene rings is 1. The van der Waals surface area contributed by atoms with Crippen LogP contribution < -0.4 is 4.74 Å². The van der Waals surface area contributed by atoms with Crippen molar-refractivity contribution in [3.63, 3.8) is 0 Å². The first kappa shape index (κ1) is 17.3. The predicted octanol–water partition coefficient (Wildman–Crippen LogP) is 3.46. The zero-order valence-electron chi connectivity index (χ0n) is 14.2. The number of rotatable bonds is 2. The summed E-state index contributed by atoms with van der Waals surface area (Å²) in [6.45, 7) is 4.57. The van der Waals surface area contributed by atoms with Gasteiger partial charge in [-0.15, -0.1) is 0 Å². The second-order valence-electron chi connectivity index (χ2n) is 7.18. The van der Waals surface area contributed by atoms with Gasteiger partial charge >= 0.3 is 5.97 Å². The van der Waals surface area contributed by atoms with E-state index >= 15 is 0 Å². The molecule has 1 aromatic rings. The standard InChI is InChI=1S/C18H22BrNO4/c1-18(2)10-15(13-9-12(19)4-5-14(13)24-18)23-17(22)11-6-7-20(3)16(21)8-11/h4-5,9,11,15H,6-8,10H2,1-3H3/t11-,15+/m0/s1. The molecule has 1 amide bonds. The maximum absolute atomic E-state index is 12.6. The van der Waals surface area contributed by atoms with E-state index in [-0.39, 0.29) is 30.3 Å². The van der Waals surface area contributed by atoms with E-state index in [1.165, 1.54) is 0 Å². The van der Waals surface area contributed by atoms with E-state index in [4.69, 9.17) is 9.47 Å². The van der Waals surface area contributed by atoms with E-state index in [1.807, 2.05) is 32.0 Å². The number of ether oxygens (including phenoxy) is 2. The van der Waals surface area contributed by atoms with Gasteiger partial charge in [0.25, 0.3) is 0 Å². The molecule has 0 radical (unpaired) electrons. The summed E-state index contributed by atoms with van der Waals surface area (Å²) in [5.41, 5.74) is 0.463. The first-order valence-electron chi connectivity index (χ1n) is 8.18. The third kappa shape index (κ3) is 3.58. The second-order valence-corrected chi connectivity index (χ2v) is 8.09. The molecule has 1 fully saturated rings. The van der Waals surface area contributed by atoms with Crippen LogP contribution in [0.4, 0.5) is 0 Å². The number of amides is 1. The summed E-state index contributed by atoms with van der Waals surface area (Å²) in [6, 6.07) is 5.73. The zero-order chi connectivity index (χ0) is 17.5. The third-order valence-electron chi connectivity index (χ3n) is 4.63. The molecule has 24 heavy (non-hydrogen) atoms. The molecule has 1 saturated heterocycles. The maximum atomic E-state index is 12.6. The monoisotopic (exact) mass is 395 g/mol. The number of hydrogen-bond donors (Lipinski definition) is 0. The van der Waals surface area contributed by atoms with Gasteiger partial charge in [-0.1, -0.05) is 15.9 Å². The first-order chi connectivity index (χ1) is 11.2. The van der Waals surface area contributed by atoms with E-state index in [0.717, 1.165) is 15.8 Å². The van der Waals surface area contributed by atoms with Crippen molar-refractivity contribution in [3.8, 4) is 5.75 Å². The largest absolute Gasteiger partial charge is 0.487 e. The molecule has 6 heteroatoms. The summed E-state index contributed by atoms with van der Waals surface area (Å²) in [4.78, 5) is 26.1. The van der Waals surface area contributed by atoms with Crippen LogP contribution in [0.2, 0.25) is 0 Å². The normalized spacial score (nSPS) is 25.7. The van der Waals surface area contributed by atoms with Crippen molar-refractivity contribution in [2.24, 2.45) is 5.92 Å². The molecule has 0 saturated carbocycles. The minimum absolute atomic E-state index is 0.00125. The van der Waals surface area contributed by atoms with E-state index in [1.54, 1.807) is 11.9 Å². The Hall–Kier alpha value is -1.56. The van der Waals surface area contributed by atoms with Gasteiger partial charge < -0.3 is 14.4 Å². The van der Waals surface area contributed by atoms with Crippen molar-refractivity contribution in [1.29, 1.82) is 0 Å². The van der Waals surface area contributed by atoms with Gasteiger partial charge in [-0.3, -0.25) is 9.59 Å². The molecule has 1 aromatic carbocycles. The second kappa shape index (κ2) is 6.39. The van der Waals surface area contributed by atoms with E-state index in [2.05, 4.69) is 15.9 Å². The summed E-state index contributed by atoms with van der Waals surface area (Å²) in [6.07, 6.45) is 1.11. The molecular weight excluding hydrogens is 374 g/mol. The molecule has 0 aromatic heterocycles. The van der Waals surface area contributed by atoms with Gasteiger partial charge in [0.1, 0.15) is 17.5 Å². The third-order valence-corrected chi connectivity index (χ3v) is 5.13. The predicted molar refractivity (Wildman–Crippen MR) is 92.7 cm³/mol. The number of hydrogen-bond acceptors (Lipinski definition) is 4. The highest BCUT2D eigenvalue weighted by Crippen LogP contribution is 2.43. The molecule has 2 heterocycles. The van der Waals surface area contributed by atoms with Crippen LogP contribution >= 0.6 is 15.9 Å². The quantitative estimate of drug-likeness (QED) is 0.719. The lowest BCUT2D eigenvalue weighted by Crippen LogP contribution is -2.40. The zero-order valence-corrected chi connectivity index (χ0v) is 15.8. The van der Waals surface area contributed by atoms with Crippen LogP contribution in [0.25, 0.3) is 0 Å². The van der Waals surface area contributed by atoms with Crippen LogP contribution in [0.3, 0.4) is 0 Å². The van der Waals surface area contributed by atoms with Crippen LogP contribution in [-0.2, 0) is 14.3 Å². The highest BCUT2D eigenvalue weighted by molar-refractivity contribution is 9.10. The summed E-state index contributed by atoms with van der Waals surface area (Å²) >= 11 is 3.46. The number of carbonyl (C=O) groups excluding carboxylic acids is 2. The molecule has 3 rings (SSSR count). The Morgan fingerprint density at radius 3 is 2.88 bits per heavy atom. The lowest BCUT2D eigenvalue weighted by Gasteiger charge is -2.38. The summed E-state index contributed by atoms with van der Waals surface area (Å²) in [5, 5.41) is 0. The van der Waals surface area contributed by atoms with Crippen LogP contribution in [0, 0.1) is 5.92 Å². The Kier molecular flexibility index (Phi) is 4.60. The van der Waals surface area contributed by atoms with Crippen LogP contribution in [0.15, 0.2) is 22.7 Å². The van der Waals surface area contributed by atoms with Crippen molar-refractivity contribution in [2.45, 2.75) is 44.8 Å². The molecule has 2 atom stereocenters. The number of likely N-dealkylation sites (tertiary alicyclic amines) is 1. The van der Waals surface area contributed by atoms with Gasteiger partial charge in [-0.05, 0) is 38.5 Å². The van der Waals surface area contributed by atoms with Gasteiger partial charge in [0.15, 0.2) is 0 Å². The maximum Gasteiger partial charge on any atom is 0.310 e. The number of halogens is 1. The van der Waals surface area contributed by atoms with Gasteiger partial charge in [-0.25, -0.2) is 0 Å². The molecule has 2 aliphatic heterocycles. The summed E-state index contributed by atoms with van der Waals surface area (Å²) < 4.78 is 12.7. The average Bonchev–Trinajstić information content (AvgIpc) is 2.50. The molecular formula is C18H22BrNO4. The Labute approximate surface area is 150 Å². The highest BCUT2D eigenvalue weighted by Gasteiger charge is 2.38. The molecule has 130 valence electrons. The molecule has 0 unspecified atom stereocenters. The highest BCUT2D eigenvalue weighted by atomic mass is 79.9. The van der Waals surface area contributed by atoms with Gasteiger partial charge in [0, 0.05) is 36.5 Å². The molecule has 0 bridgehead atoms. The number of nitrogens with zero attached hydrogens (tertiary/aromatic N) is 1. The molecule has 0 N–H and O–H groups in total. The van der Waals surface area contributed by atoms with E-state index in [0.29, 0.717) is 19.4 Å². The SMILES string of the molecule is CN1CC[C@H](C(=O)O[C@@H]2CC(C)(C)Oc3ccc(Br)cc32)CC1=O. The van der Waals surface area contributed by atoms with Crippen molar-refractivity contribution in [2.75, 3.05) is 13.6 Å². The smallest absolute Gasteiger partial charge is 0.310 e. The molecule has 0 aliphatic carbocycles. The van der Waals surface area contributed by atoms with E-state index < -0.39 is 5.60 Å². The summed E-state index contributed by atoms with van der Waals surface area (Å²) in [7, 11) is 1.76. The van der Waals surface area contributed by atoms with Crippen LogP contribution in [-0.4, -0.2) is 36.0 Å². The van der Waals surface area contributed by atoms with Gasteiger partial charge in [-0.2, -0.15) is 0 Å². The van der Waals surface area contributed by atoms with Crippen molar-refractivity contribution < 1.29 is 19.1 Å². The number of esters is 1. The average molecular weight is 396 g/mol. The van der Waals surface area contributed by atoms with Crippen LogP contribution in [0.1, 0.15) is 44.8 Å². The minimum Gasteiger partial charge on any atom is -0.487 e. The topological polar surface area (TPSA) is 55.8 Å².